The van der Waals surface area contributed by atoms with Crippen molar-refractivity contribution in [2.24, 2.45) is 5.73 Å². The SMILES string of the molecule is CC(N)NC(C)c1ccccc1. The minimum atomic E-state index is 0.0419. The average molecular weight is 164 g/mol. The van der Waals surface area contributed by atoms with Crippen LogP contribution in [0.25, 0.3) is 0 Å². The summed E-state index contributed by atoms with van der Waals surface area (Å²) < 4.78 is 0. The van der Waals surface area contributed by atoms with Gasteiger partial charge in [0.2, 0.25) is 0 Å². The highest BCUT2D eigenvalue weighted by molar-refractivity contribution is 5.18. The summed E-state index contributed by atoms with van der Waals surface area (Å²) in [7, 11) is 0. The molecule has 0 fully saturated rings. The van der Waals surface area contributed by atoms with Crippen LogP contribution >= 0.6 is 0 Å². The summed E-state index contributed by atoms with van der Waals surface area (Å²) in [5.41, 5.74) is 6.89. The molecule has 0 radical (unpaired) electrons. The fraction of sp³-hybridized carbons (Fsp3) is 0.400. The number of hydrogen-bond donors (Lipinski definition) is 2. The molecule has 0 heterocycles. The standard InChI is InChI=1S/C10H16N2/c1-8(12-9(2)11)10-6-4-3-5-7-10/h3-9,12H,11H2,1-2H3. The van der Waals surface area contributed by atoms with Crippen LogP contribution in [0.4, 0.5) is 0 Å². The van der Waals surface area contributed by atoms with Crippen molar-refractivity contribution in [2.45, 2.75) is 26.1 Å². The van der Waals surface area contributed by atoms with Crippen LogP contribution in [-0.2, 0) is 0 Å². The lowest BCUT2D eigenvalue weighted by Crippen LogP contribution is -2.35. The maximum Gasteiger partial charge on any atom is 0.0521 e. The zero-order chi connectivity index (χ0) is 8.97. The third-order valence-electron chi connectivity index (χ3n) is 1.81. The van der Waals surface area contributed by atoms with Crippen molar-refractivity contribution in [3.8, 4) is 0 Å². The smallest absolute Gasteiger partial charge is 0.0521 e. The molecule has 0 aliphatic heterocycles. The maximum atomic E-state index is 5.62. The second-order valence-corrected chi connectivity index (χ2v) is 3.09. The molecule has 66 valence electrons. The summed E-state index contributed by atoms with van der Waals surface area (Å²) >= 11 is 0. The normalized spacial score (nSPS) is 15.6. The number of hydrogen-bond acceptors (Lipinski definition) is 2. The van der Waals surface area contributed by atoms with Crippen LogP contribution < -0.4 is 11.1 Å². The Balaban J connectivity index is 2.59. The van der Waals surface area contributed by atoms with Crippen molar-refractivity contribution in [2.75, 3.05) is 0 Å². The van der Waals surface area contributed by atoms with E-state index in [1.165, 1.54) is 5.56 Å². The third kappa shape index (κ3) is 2.64. The molecule has 3 N–H and O–H groups in total. The fourth-order valence-electron chi connectivity index (χ4n) is 1.23. The van der Waals surface area contributed by atoms with Crippen LogP contribution in [0.3, 0.4) is 0 Å². The largest absolute Gasteiger partial charge is 0.316 e. The first-order valence-corrected chi connectivity index (χ1v) is 4.26. The first-order valence-electron chi connectivity index (χ1n) is 4.26. The third-order valence-corrected chi connectivity index (χ3v) is 1.81. The molecule has 0 saturated carbocycles. The van der Waals surface area contributed by atoms with E-state index in [0.717, 1.165) is 0 Å². The van der Waals surface area contributed by atoms with Gasteiger partial charge in [0.15, 0.2) is 0 Å². The van der Waals surface area contributed by atoms with Crippen molar-refractivity contribution >= 4 is 0 Å². The van der Waals surface area contributed by atoms with Gasteiger partial charge in [-0.3, -0.25) is 5.32 Å². The maximum absolute atomic E-state index is 5.62. The van der Waals surface area contributed by atoms with Gasteiger partial charge in [-0.15, -0.1) is 0 Å². The van der Waals surface area contributed by atoms with Crippen molar-refractivity contribution < 1.29 is 0 Å². The van der Waals surface area contributed by atoms with E-state index in [2.05, 4.69) is 24.4 Å². The monoisotopic (exact) mass is 164 g/mol. The molecule has 0 aromatic heterocycles. The number of nitrogens with one attached hydrogen (secondary N) is 1. The van der Waals surface area contributed by atoms with Crippen molar-refractivity contribution in [3.63, 3.8) is 0 Å². The van der Waals surface area contributed by atoms with E-state index < -0.39 is 0 Å². The Morgan fingerprint density at radius 2 is 1.75 bits per heavy atom. The van der Waals surface area contributed by atoms with Crippen molar-refractivity contribution in [3.05, 3.63) is 35.9 Å². The summed E-state index contributed by atoms with van der Waals surface area (Å²) in [6.45, 7) is 4.05. The lowest BCUT2D eigenvalue weighted by molar-refractivity contribution is 0.491. The molecule has 0 spiro atoms. The topological polar surface area (TPSA) is 38.0 Å². The van der Waals surface area contributed by atoms with Crippen LogP contribution in [-0.4, -0.2) is 6.17 Å². The van der Waals surface area contributed by atoms with Gasteiger partial charge in [0.25, 0.3) is 0 Å². The average Bonchev–Trinajstić information content (AvgIpc) is 2.05. The van der Waals surface area contributed by atoms with Crippen LogP contribution in [0.2, 0.25) is 0 Å². The van der Waals surface area contributed by atoms with Crippen LogP contribution in [0.15, 0.2) is 30.3 Å². The molecule has 12 heavy (non-hydrogen) atoms. The molecular weight excluding hydrogens is 148 g/mol. The van der Waals surface area contributed by atoms with Gasteiger partial charge in [-0.2, -0.15) is 0 Å². The highest BCUT2D eigenvalue weighted by Crippen LogP contribution is 2.10. The minimum Gasteiger partial charge on any atom is -0.316 e. The Morgan fingerprint density at radius 1 is 1.17 bits per heavy atom. The number of benzene rings is 1. The predicted molar refractivity (Wildman–Crippen MR) is 51.6 cm³/mol. The van der Waals surface area contributed by atoms with E-state index in [-0.39, 0.29) is 6.17 Å². The first kappa shape index (κ1) is 9.23. The first-order chi connectivity index (χ1) is 5.70. The molecule has 2 nitrogen and oxygen atoms in total. The Labute approximate surface area is 73.8 Å². The van der Waals surface area contributed by atoms with Gasteiger partial charge in [-0.25, -0.2) is 0 Å². The highest BCUT2D eigenvalue weighted by Gasteiger charge is 2.04. The van der Waals surface area contributed by atoms with E-state index in [1.807, 2.05) is 25.1 Å². The summed E-state index contributed by atoms with van der Waals surface area (Å²) in [4.78, 5) is 0. The van der Waals surface area contributed by atoms with E-state index in [0.29, 0.717) is 6.04 Å². The summed E-state index contributed by atoms with van der Waals surface area (Å²) in [6, 6.07) is 10.6. The van der Waals surface area contributed by atoms with Gasteiger partial charge in [0.05, 0.1) is 6.17 Å². The fourth-order valence-corrected chi connectivity index (χ4v) is 1.23. The predicted octanol–water partition coefficient (Wildman–Crippen LogP) is 1.64. The molecule has 1 rings (SSSR count). The van der Waals surface area contributed by atoms with Gasteiger partial charge in [-0.05, 0) is 19.4 Å². The van der Waals surface area contributed by atoms with Gasteiger partial charge in [0, 0.05) is 6.04 Å². The Kier molecular flexibility index (Phi) is 3.26. The Morgan fingerprint density at radius 3 is 2.25 bits per heavy atom. The van der Waals surface area contributed by atoms with Gasteiger partial charge >= 0.3 is 0 Å². The van der Waals surface area contributed by atoms with E-state index >= 15 is 0 Å². The summed E-state index contributed by atoms with van der Waals surface area (Å²) in [5, 5.41) is 3.24. The second-order valence-electron chi connectivity index (χ2n) is 3.09. The minimum absolute atomic E-state index is 0.0419. The molecular formula is C10H16N2. The van der Waals surface area contributed by atoms with E-state index in [9.17, 15) is 0 Å². The zero-order valence-electron chi connectivity index (χ0n) is 7.62. The zero-order valence-corrected chi connectivity index (χ0v) is 7.62. The molecule has 2 unspecified atom stereocenters. The summed E-state index contributed by atoms with van der Waals surface area (Å²) in [6.07, 6.45) is 0.0419. The molecule has 0 aliphatic rings. The van der Waals surface area contributed by atoms with Crippen LogP contribution in [0, 0.1) is 0 Å². The van der Waals surface area contributed by atoms with E-state index in [4.69, 9.17) is 5.73 Å². The molecule has 0 amide bonds. The lowest BCUT2D eigenvalue weighted by Gasteiger charge is -2.16. The van der Waals surface area contributed by atoms with Crippen LogP contribution in [0.5, 0.6) is 0 Å². The van der Waals surface area contributed by atoms with Gasteiger partial charge in [-0.1, -0.05) is 30.3 Å². The van der Waals surface area contributed by atoms with Gasteiger partial charge in [0.1, 0.15) is 0 Å². The highest BCUT2D eigenvalue weighted by atomic mass is 15.0. The molecule has 0 aliphatic carbocycles. The molecule has 0 bridgehead atoms. The molecule has 2 atom stereocenters. The van der Waals surface area contributed by atoms with E-state index in [1.54, 1.807) is 0 Å². The lowest BCUT2D eigenvalue weighted by atomic mass is 10.1. The van der Waals surface area contributed by atoms with Crippen molar-refractivity contribution in [1.29, 1.82) is 0 Å². The molecule has 1 aromatic carbocycles. The Hall–Kier alpha value is -0.860. The molecule has 0 saturated heterocycles. The summed E-state index contributed by atoms with van der Waals surface area (Å²) in [5.74, 6) is 0. The quantitative estimate of drug-likeness (QED) is 0.666. The molecule has 2 heteroatoms. The molecule has 1 aromatic rings. The number of rotatable bonds is 3. The van der Waals surface area contributed by atoms with Crippen molar-refractivity contribution in [1.82, 2.24) is 5.32 Å². The van der Waals surface area contributed by atoms with Crippen LogP contribution in [0.1, 0.15) is 25.5 Å². The Bertz CT molecular complexity index is 219. The van der Waals surface area contributed by atoms with Gasteiger partial charge < -0.3 is 5.73 Å². The second kappa shape index (κ2) is 4.24. The number of nitrogens with two attached hydrogens (primary N) is 1.